The van der Waals surface area contributed by atoms with Crippen LogP contribution in [0.1, 0.15) is 32.6 Å². The number of anilines is 1. The van der Waals surface area contributed by atoms with E-state index in [9.17, 15) is 4.79 Å². The van der Waals surface area contributed by atoms with Crippen molar-refractivity contribution in [2.75, 3.05) is 12.4 Å². The van der Waals surface area contributed by atoms with E-state index in [1.807, 2.05) is 24.3 Å². The van der Waals surface area contributed by atoms with Gasteiger partial charge in [-0.05, 0) is 55.0 Å². The van der Waals surface area contributed by atoms with Gasteiger partial charge in [0, 0.05) is 12.1 Å². The van der Waals surface area contributed by atoms with Crippen LogP contribution in [0.25, 0.3) is 16.7 Å². The molecule has 9 heteroatoms. The van der Waals surface area contributed by atoms with E-state index in [4.69, 9.17) is 28.6 Å². The molecule has 0 fully saturated rings. The van der Waals surface area contributed by atoms with Gasteiger partial charge in [-0.25, -0.2) is 0 Å². The van der Waals surface area contributed by atoms with E-state index < -0.39 is 0 Å². The van der Waals surface area contributed by atoms with Gasteiger partial charge in [0.05, 0.1) is 17.8 Å². The fourth-order valence-corrected chi connectivity index (χ4v) is 3.26. The van der Waals surface area contributed by atoms with Gasteiger partial charge in [0.2, 0.25) is 5.91 Å². The van der Waals surface area contributed by atoms with Gasteiger partial charge in [-0.3, -0.25) is 4.79 Å². The molecule has 1 aromatic heterocycles. The third-order valence-corrected chi connectivity index (χ3v) is 4.76. The van der Waals surface area contributed by atoms with Crippen LogP contribution in [0.15, 0.2) is 36.4 Å². The number of unbranched alkanes of at least 4 members (excludes halogenated alkanes) is 2. The minimum absolute atomic E-state index is 0.0839. The first-order chi connectivity index (χ1) is 14.0. The van der Waals surface area contributed by atoms with Crippen LogP contribution in [-0.2, 0) is 4.79 Å². The van der Waals surface area contributed by atoms with E-state index in [0.717, 1.165) is 36.2 Å². The molecule has 0 aliphatic heterocycles. The zero-order chi connectivity index (χ0) is 20.8. The van der Waals surface area contributed by atoms with Crippen molar-refractivity contribution >= 4 is 51.6 Å². The Morgan fingerprint density at radius 3 is 2.69 bits per heavy atom. The van der Waals surface area contributed by atoms with Gasteiger partial charge in [0.25, 0.3) is 0 Å². The number of carbonyl (C=O) groups excluding carboxylic acids is 1. The van der Waals surface area contributed by atoms with Crippen molar-refractivity contribution in [2.45, 2.75) is 32.6 Å². The van der Waals surface area contributed by atoms with Gasteiger partial charge in [-0.15, -0.1) is 10.2 Å². The highest BCUT2D eigenvalue weighted by Crippen LogP contribution is 2.26. The minimum Gasteiger partial charge on any atom is -0.495 e. The Balaban J connectivity index is 1.70. The topological polar surface area (TPSA) is 81.1 Å². The van der Waals surface area contributed by atoms with E-state index in [2.05, 4.69) is 27.8 Å². The fraction of sp³-hybridized carbons (Fsp3) is 0.300. The summed E-state index contributed by atoms with van der Waals surface area (Å²) >= 11 is 11.4. The maximum absolute atomic E-state index is 11.9. The number of aromatic nitrogens is 3. The first-order valence-electron chi connectivity index (χ1n) is 9.32. The number of nitrogens with zero attached hydrogens (tertiary/aromatic N) is 3. The van der Waals surface area contributed by atoms with E-state index in [1.165, 1.54) is 4.80 Å². The van der Waals surface area contributed by atoms with Crippen molar-refractivity contribution in [2.24, 2.45) is 0 Å². The summed E-state index contributed by atoms with van der Waals surface area (Å²) in [5.41, 5.74) is 2.84. The lowest BCUT2D eigenvalue weighted by Crippen LogP contribution is -2.33. The number of fused-ring (bicyclic) bond motifs is 1. The summed E-state index contributed by atoms with van der Waals surface area (Å²) in [4.78, 5) is 13.4. The quantitative estimate of drug-likeness (QED) is 0.424. The SMILES string of the molecule is CCCCCC(=O)NC(=S)Nc1ccc2nn(-c3ccc(OC)c(Cl)c3)nc2c1. The zero-order valence-corrected chi connectivity index (χ0v) is 17.8. The molecule has 1 heterocycles. The highest BCUT2D eigenvalue weighted by Gasteiger charge is 2.10. The van der Waals surface area contributed by atoms with Crippen molar-refractivity contribution < 1.29 is 9.53 Å². The molecule has 3 aromatic rings. The van der Waals surface area contributed by atoms with Crippen LogP contribution in [0, 0.1) is 0 Å². The average molecular weight is 432 g/mol. The summed E-state index contributed by atoms with van der Waals surface area (Å²) in [7, 11) is 1.56. The molecular weight excluding hydrogens is 410 g/mol. The second kappa shape index (κ2) is 9.67. The highest BCUT2D eigenvalue weighted by atomic mass is 35.5. The second-order valence-electron chi connectivity index (χ2n) is 6.47. The number of hydrogen-bond acceptors (Lipinski definition) is 5. The number of carbonyl (C=O) groups is 1. The van der Waals surface area contributed by atoms with Crippen LogP contribution in [0.4, 0.5) is 5.69 Å². The lowest BCUT2D eigenvalue weighted by molar-refractivity contribution is -0.119. The Labute approximate surface area is 179 Å². The van der Waals surface area contributed by atoms with Gasteiger partial charge in [-0.1, -0.05) is 31.4 Å². The van der Waals surface area contributed by atoms with Gasteiger partial charge < -0.3 is 15.4 Å². The number of amides is 1. The molecule has 0 saturated carbocycles. The molecule has 0 bridgehead atoms. The van der Waals surface area contributed by atoms with Crippen LogP contribution in [0.2, 0.25) is 5.02 Å². The fourth-order valence-electron chi connectivity index (χ4n) is 2.77. The van der Waals surface area contributed by atoms with E-state index >= 15 is 0 Å². The number of halogens is 1. The number of nitrogens with one attached hydrogen (secondary N) is 2. The molecular formula is C20H22ClN5O2S. The Morgan fingerprint density at radius 2 is 1.97 bits per heavy atom. The van der Waals surface area contributed by atoms with Crippen LogP contribution in [-0.4, -0.2) is 33.1 Å². The van der Waals surface area contributed by atoms with E-state index in [0.29, 0.717) is 22.7 Å². The van der Waals surface area contributed by atoms with E-state index in [-0.39, 0.29) is 11.0 Å². The number of methoxy groups -OCH3 is 1. The molecule has 3 rings (SSSR count). The van der Waals surface area contributed by atoms with Crippen LogP contribution >= 0.6 is 23.8 Å². The number of benzene rings is 2. The average Bonchev–Trinajstić information content (AvgIpc) is 3.11. The molecule has 2 aromatic carbocycles. The van der Waals surface area contributed by atoms with Gasteiger partial charge in [0.15, 0.2) is 5.11 Å². The summed E-state index contributed by atoms with van der Waals surface area (Å²) in [6.07, 6.45) is 3.42. The largest absolute Gasteiger partial charge is 0.495 e. The van der Waals surface area contributed by atoms with Crippen molar-refractivity contribution in [3.8, 4) is 11.4 Å². The first-order valence-corrected chi connectivity index (χ1v) is 10.1. The van der Waals surface area contributed by atoms with Crippen molar-refractivity contribution in [3.05, 3.63) is 41.4 Å². The molecule has 2 N–H and O–H groups in total. The maximum atomic E-state index is 11.9. The summed E-state index contributed by atoms with van der Waals surface area (Å²) in [6.45, 7) is 2.10. The monoisotopic (exact) mass is 431 g/mol. The minimum atomic E-state index is -0.0839. The standard InChI is InChI=1S/C20H22ClN5O2S/c1-3-4-5-6-19(27)23-20(29)22-13-7-9-16-17(11-13)25-26(24-16)14-8-10-18(28-2)15(21)12-14/h7-12H,3-6H2,1-2H3,(H2,22,23,27,29). The van der Waals surface area contributed by atoms with Crippen LogP contribution in [0.3, 0.4) is 0 Å². The number of rotatable bonds is 7. The smallest absolute Gasteiger partial charge is 0.226 e. The summed E-state index contributed by atoms with van der Waals surface area (Å²) in [6, 6.07) is 10.8. The predicted molar refractivity (Wildman–Crippen MR) is 119 cm³/mol. The van der Waals surface area contributed by atoms with Crippen molar-refractivity contribution in [1.29, 1.82) is 0 Å². The molecule has 0 radical (unpaired) electrons. The molecule has 0 saturated heterocycles. The van der Waals surface area contributed by atoms with E-state index in [1.54, 1.807) is 19.2 Å². The Hall–Kier alpha value is -2.71. The molecule has 29 heavy (non-hydrogen) atoms. The molecule has 0 aliphatic carbocycles. The lowest BCUT2D eigenvalue weighted by atomic mass is 10.2. The van der Waals surface area contributed by atoms with Crippen LogP contribution in [0.5, 0.6) is 5.75 Å². The maximum Gasteiger partial charge on any atom is 0.226 e. The molecule has 0 unspecified atom stereocenters. The normalized spacial score (nSPS) is 10.7. The first kappa shape index (κ1) is 21.0. The molecule has 0 spiro atoms. The Kier molecular flexibility index (Phi) is 7.00. The number of ether oxygens (including phenoxy) is 1. The lowest BCUT2D eigenvalue weighted by Gasteiger charge is -2.09. The summed E-state index contributed by atoms with van der Waals surface area (Å²) in [5, 5.41) is 15.4. The highest BCUT2D eigenvalue weighted by molar-refractivity contribution is 7.80. The molecule has 0 aliphatic rings. The predicted octanol–water partition coefficient (Wildman–Crippen LogP) is 4.48. The second-order valence-corrected chi connectivity index (χ2v) is 7.29. The molecule has 152 valence electrons. The Bertz CT molecular complexity index is 1040. The van der Waals surface area contributed by atoms with Crippen molar-refractivity contribution in [1.82, 2.24) is 20.3 Å². The van der Waals surface area contributed by atoms with Gasteiger partial charge in [0.1, 0.15) is 16.8 Å². The van der Waals surface area contributed by atoms with Crippen LogP contribution < -0.4 is 15.4 Å². The zero-order valence-electron chi connectivity index (χ0n) is 16.2. The molecule has 7 nitrogen and oxygen atoms in total. The van der Waals surface area contributed by atoms with Crippen molar-refractivity contribution in [3.63, 3.8) is 0 Å². The van der Waals surface area contributed by atoms with Gasteiger partial charge >= 0.3 is 0 Å². The number of hydrogen-bond donors (Lipinski definition) is 2. The molecule has 0 atom stereocenters. The number of thiocarbonyl (C=S) groups is 1. The summed E-state index contributed by atoms with van der Waals surface area (Å²) < 4.78 is 5.17. The molecule has 1 amide bonds. The summed E-state index contributed by atoms with van der Waals surface area (Å²) in [5.74, 6) is 0.503. The third kappa shape index (κ3) is 5.42. The van der Waals surface area contributed by atoms with Gasteiger partial charge in [-0.2, -0.15) is 4.80 Å². The third-order valence-electron chi connectivity index (χ3n) is 4.26. The Morgan fingerprint density at radius 1 is 1.17 bits per heavy atom.